The molecular weight excluding hydrogens is 370 g/mol. The average molecular weight is 410 g/mol. The first-order valence-corrected chi connectivity index (χ1v) is 12.0. The van der Waals surface area contributed by atoms with Gasteiger partial charge in [-0.1, -0.05) is 52.5 Å². The number of nitrogens with one attached hydrogen (secondary N) is 1. The Bertz CT molecular complexity index is 829. The van der Waals surface area contributed by atoms with Crippen LogP contribution in [-0.4, -0.2) is 21.3 Å². The zero-order chi connectivity index (χ0) is 21.5. The summed E-state index contributed by atoms with van der Waals surface area (Å²) in [5, 5.41) is 23.6. The highest BCUT2D eigenvalue weighted by molar-refractivity contribution is 5.74. The number of aryl methyl sites for hydroxylation is 2. The minimum atomic E-state index is 0.337. The lowest BCUT2D eigenvalue weighted by molar-refractivity contribution is 0.475. The molecule has 2 aromatic rings. The molecular formula is C26H39N3O. The molecule has 1 aliphatic rings. The predicted molar refractivity (Wildman–Crippen MR) is 126 cm³/mol. The molecule has 164 valence electrons. The monoisotopic (exact) mass is 409 g/mol. The van der Waals surface area contributed by atoms with Gasteiger partial charge in [0.15, 0.2) is 0 Å². The summed E-state index contributed by atoms with van der Waals surface area (Å²) in [7, 11) is 0. The molecule has 1 heterocycles. The molecule has 0 spiro atoms. The lowest BCUT2D eigenvalue weighted by Gasteiger charge is -2.19. The summed E-state index contributed by atoms with van der Waals surface area (Å²) < 4.78 is 0. The van der Waals surface area contributed by atoms with Crippen molar-refractivity contribution in [3.8, 4) is 17.0 Å². The van der Waals surface area contributed by atoms with Crippen LogP contribution in [-0.2, 0) is 12.8 Å². The summed E-state index contributed by atoms with van der Waals surface area (Å²) >= 11 is 0. The molecule has 1 atom stereocenters. The first-order chi connectivity index (χ1) is 14.5. The van der Waals surface area contributed by atoms with Crippen molar-refractivity contribution < 1.29 is 5.11 Å². The van der Waals surface area contributed by atoms with Gasteiger partial charge in [-0.2, -0.15) is 0 Å². The summed E-state index contributed by atoms with van der Waals surface area (Å²) in [6.45, 7) is 8.71. The molecule has 4 nitrogen and oxygen atoms in total. The van der Waals surface area contributed by atoms with Gasteiger partial charge in [0.05, 0.1) is 0 Å². The molecule has 4 heteroatoms. The number of aromatic hydroxyl groups is 1. The van der Waals surface area contributed by atoms with E-state index in [9.17, 15) is 5.11 Å². The Labute approximate surface area is 182 Å². The van der Waals surface area contributed by atoms with Gasteiger partial charge in [0.25, 0.3) is 0 Å². The fourth-order valence-electron chi connectivity index (χ4n) is 4.31. The van der Waals surface area contributed by atoms with E-state index >= 15 is 0 Å². The van der Waals surface area contributed by atoms with Crippen LogP contribution < -0.4 is 5.32 Å². The summed E-state index contributed by atoms with van der Waals surface area (Å²) in [4.78, 5) is 0. The second-order valence-corrected chi connectivity index (χ2v) is 9.06. The van der Waals surface area contributed by atoms with Crippen molar-refractivity contribution in [1.29, 1.82) is 0 Å². The van der Waals surface area contributed by atoms with Crippen molar-refractivity contribution >= 4 is 5.82 Å². The second-order valence-electron chi connectivity index (χ2n) is 9.06. The number of hydrogen-bond donors (Lipinski definition) is 2. The topological polar surface area (TPSA) is 58.0 Å². The third kappa shape index (κ3) is 5.96. The molecule has 1 fully saturated rings. The molecule has 0 saturated heterocycles. The van der Waals surface area contributed by atoms with Crippen LogP contribution in [0.5, 0.6) is 5.75 Å². The Hall–Kier alpha value is -2.10. The van der Waals surface area contributed by atoms with Gasteiger partial charge >= 0.3 is 0 Å². The normalized spacial score (nSPS) is 14.7. The van der Waals surface area contributed by atoms with Crippen LogP contribution in [0.15, 0.2) is 18.2 Å². The van der Waals surface area contributed by atoms with Gasteiger partial charge in [-0.05, 0) is 80.2 Å². The zero-order valence-electron chi connectivity index (χ0n) is 19.3. The van der Waals surface area contributed by atoms with Crippen molar-refractivity contribution in [2.45, 2.75) is 97.9 Å². The number of benzene rings is 1. The number of phenols is 1. The van der Waals surface area contributed by atoms with Crippen molar-refractivity contribution in [3.05, 3.63) is 34.9 Å². The van der Waals surface area contributed by atoms with E-state index in [0.717, 1.165) is 54.2 Å². The van der Waals surface area contributed by atoms with Crippen LogP contribution in [0.1, 0.15) is 88.8 Å². The Morgan fingerprint density at radius 1 is 1.03 bits per heavy atom. The van der Waals surface area contributed by atoms with Crippen LogP contribution in [0.25, 0.3) is 11.3 Å². The second kappa shape index (κ2) is 10.8. The lowest BCUT2D eigenvalue weighted by atomic mass is 9.93. The fourth-order valence-corrected chi connectivity index (χ4v) is 4.31. The maximum absolute atomic E-state index is 10.8. The zero-order valence-corrected chi connectivity index (χ0v) is 19.3. The van der Waals surface area contributed by atoms with E-state index < -0.39 is 0 Å². The molecule has 0 aliphatic heterocycles. The molecule has 3 rings (SSSR count). The number of unbranched alkanes of at least 4 members (excludes halogenated alkanes) is 2. The van der Waals surface area contributed by atoms with E-state index in [1.807, 2.05) is 6.07 Å². The molecule has 1 aromatic heterocycles. The smallest absolute Gasteiger partial charge is 0.149 e. The Kier molecular flexibility index (Phi) is 8.12. The number of nitrogens with zero attached hydrogens (tertiary/aromatic N) is 2. The van der Waals surface area contributed by atoms with E-state index in [1.54, 1.807) is 0 Å². The van der Waals surface area contributed by atoms with Crippen LogP contribution in [0, 0.1) is 12.8 Å². The molecule has 1 unspecified atom stereocenters. The van der Waals surface area contributed by atoms with Crippen molar-refractivity contribution in [1.82, 2.24) is 10.2 Å². The number of aromatic nitrogens is 2. The lowest BCUT2D eigenvalue weighted by Crippen LogP contribution is -2.19. The fraction of sp³-hybridized carbons (Fsp3) is 0.615. The number of phenolic OH excluding ortho intramolecular Hbond substituents is 1. The molecule has 1 aliphatic carbocycles. The van der Waals surface area contributed by atoms with Gasteiger partial charge < -0.3 is 10.4 Å². The first kappa shape index (κ1) is 22.6. The summed E-state index contributed by atoms with van der Waals surface area (Å²) in [5.41, 5.74) is 5.25. The number of hydrogen-bond acceptors (Lipinski definition) is 4. The minimum absolute atomic E-state index is 0.337. The predicted octanol–water partition coefficient (Wildman–Crippen LogP) is 6.83. The molecule has 2 N–H and O–H groups in total. The Morgan fingerprint density at radius 3 is 2.50 bits per heavy atom. The number of anilines is 1. The van der Waals surface area contributed by atoms with Crippen LogP contribution >= 0.6 is 0 Å². The van der Waals surface area contributed by atoms with Crippen LogP contribution in [0.2, 0.25) is 0 Å². The van der Waals surface area contributed by atoms with E-state index in [2.05, 4.69) is 55.3 Å². The minimum Gasteiger partial charge on any atom is -0.507 e. The molecule has 0 radical (unpaired) electrons. The molecule has 1 saturated carbocycles. The summed E-state index contributed by atoms with van der Waals surface area (Å²) in [6, 6.07) is 6.67. The van der Waals surface area contributed by atoms with Crippen molar-refractivity contribution in [3.63, 3.8) is 0 Å². The number of rotatable bonds is 12. The van der Waals surface area contributed by atoms with Gasteiger partial charge in [-0.3, -0.25) is 0 Å². The van der Waals surface area contributed by atoms with Gasteiger partial charge in [0, 0.05) is 11.6 Å². The molecule has 1 aromatic carbocycles. The third-order valence-corrected chi connectivity index (χ3v) is 6.18. The van der Waals surface area contributed by atoms with E-state index in [1.165, 1.54) is 49.7 Å². The summed E-state index contributed by atoms with van der Waals surface area (Å²) in [5.74, 6) is 1.95. The average Bonchev–Trinajstić information content (AvgIpc) is 3.52. The highest BCUT2D eigenvalue weighted by Crippen LogP contribution is 2.40. The van der Waals surface area contributed by atoms with Gasteiger partial charge in [-0.15, -0.1) is 10.2 Å². The Balaban J connectivity index is 1.90. The van der Waals surface area contributed by atoms with Crippen molar-refractivity contribution in [2.24, 2.45) is 5.92 Å². The third-order valence-electron chi connectivity index (χ3n) is 6.18. The van der Waals surface area contributed by atoms with Crippen molar-refractivity contribution in [2.75, 3.05) is 5.32 Å². The maximum atomic E-state index is 10.8. The summed E-state index contributed by atoms with van der Waals surface area (Å²) in [6.07, 6.45) is 11.6. The Morgan fingerprint density at radius 2 is 1.83 bits per heavy atom. The molecule has 0 amide bonds. The van der Waals surface area contributed by atoms with Gasteiger partial charge in [-0.25, -0.2) is 0 Å². The van der Waals surface area contributed by atoms with E-state index in [0.29, 0.717) is 11.8 Å². The van der Waals surface area contributed by atoms with Gasteiger partial charge in [0.2, 0.25) is 0 Å². The van der Waals surface area contributed by atoms with E-state index in [4.69, 9.17) is 0 Å². The molecule has 0 bridgehead atoms. The highest BCUT2D eigenvalue weighted by Gasteiger charge is 2.25. The SMILES string of the molecule is CCCCCC(CC)Nc1cc(CCC)c(-c2c(O)cc(C)cc2CC2CC2)nn1. The first-order valence-electron chi connectivity index (χ1n) is 12.0. The molecule has 30 heavy (non-hydrogen) atoms. The van der Waals surface area contributed by atoms with Gasteiger partial charge in [0.1, 0.15) is 17.3 Å². The maximum Gasteiger partial charge on any atom is 0.149 e. The highest BCUT2D eigenvalue weighted by atomic mass is 16.3. The van der Waals surface area contributed by atoms with E-state index in [-0.39, 0.29) is 0 Å². The quantitative estimate of drug-likeness (QED) is 0.377. The largest absolute Gasteiger partial charge is 0.507 e. The van der Waals surface area contributed by atoms with Crippen LogP contribution in [0.4, 0.5) is 5.82 Å². The standard InChI is InChI=1S/C26H39N3O/c1-5-8-9-11-22(7-3)27-24-17-20(10-6-2)26(29-28-24)25-21(16-19-12-13-19)14-18(4)15-23(25)30/h14-15,17,19,22,30H,5-13,16H2,1-4H3,(H,27,28). The van der Waals surface area contributed by atoms with Crippen LogP contribution in [0.3, 0.4) is 0 Å².